The topological polar surface area (TPSA) is 68.2 Å². The van der Waals surface area contributed by atoms with E-state index in [4.69, 9.17) is 10.3 Å². The summed E-state index contributed by atoms with van der Waals surface area (Å²) in [5, 5.41) is 3.95. The van der Waals surface area contributed by atoms with Gasteiger partial charge in [0, 0.05) is 25.6 Å². The van der Waals surface area contributed by atoms with Gasteiger partial charge in [0.05, 0.1) is 0 Å². The monoisotopic (exact) mass is 196 g/mol. The zero-order valence-electron chi connectivity index (χ0n) is 8.44. The van der Waals surface area contributed by atoms with Crippen molar-refractivity contribution in [3.63, 3.8) is 0 Å². The Kier molecular flexibility index (Phi) is 2.67. The molecule has 0 radical (unpaired) electrons. The molecule has 1 atom stereocenters. The standard InChI is InChI=1S/C9H16N4O/c1-7(6-10)8-11-9(12-14-8)13-4-2-3-5-13/h7H,2-6,10H2,1H3. The Morgan fingerprint density at radius 2 is 2.21 bits per heavy atom. The Hall–Kier alpha value is -1.10. The number of nitrogens with two attached hydrogens (primary N) is 1. The Labute approximate surface area is 83.3 Å². The zero-order valence-corrected chi connectivity index (χ0v) is 8.44. The Bertz CT molecular complexity index is 293. The lowest BCUT2D eigenvalue weighted by Gasteiger charge is -2.09. The maximum absolute atomic E-state index is 5.53. The number of rotatable bonds is 3. The van der Waals surface area contributed by atoms with Crippen molar-refractivity contribution in [3.8, 4) is 0 Å². The predicted molar refractivity (Wildman–Crippen MR) is 53.2 cm³/mol. The first-order valence-electron chi connectivity index (χ1n) is 5.10. The van der Waals surface area contributed by atoms with Gasteiger partial charge in [0.1, 0.15) is 0 Å². The highest BCUT2D eigenvalue weighted by Crippen LogP contribution is 2.19. The van der Waals surface area contributed by atoms with Crippen LogP contribution in [-0.4, -0.2) is 29.8 Å². The SMILES string of the molecule is CC(CN)c1nc(N2CCCC2)no1. The van der Waals surface area contributed by atoms with Gasteiger partial charge >= 0.3 is 0 Å². The fourth-order valence-corrected chi connectivity index (χ4v) is 1.57. The molecule has 1 unspecified atom stereocenters. The molecule has 1 aromatic rings. The van der Waals surface area contributed by atoms with Crippen LogP contribution in [0.4, 0.5) is 5.95 Å². The second kappa shape index (κ2) is 3.96. The third-order valence-corrected chi connectivity index (χ3v) is 2.60. The molecule has 14 heavy (non-hydrogen) atoms. The normalized spacial score (nSPS) is 18.9. The van der Waals surface area contributed by atoms with Crippen LogP contribution in [0.5, 0.6) is 0 Å². The van der Waals surface area contributed by atoms with E-state index in [1.807, 2.05) is 6.92 Å². The summed E-state index contributed by atoms with van der Waals surface area (Å²) in [7, 11) is 0. The van der Waals surface area contributed by atoms with Crippen molar-refractivity contribution in [2.24, 2.45) is 5.73 Å². The highest BCUT2D eigenvalue weighted by molar-refractivity contribution is 5.29. The average Bonchev–Trinajstić information content (AvgIpc) is 2.86. The molecule has 5 heteroatoms. The molecule has 0 saturated carbocycles. The quantitative estimate of drug-likeness (QED) is 0.772. The average molecular weight is 196 g/mol. The Morgan fingerprint density at radius 3 is 2.86 bits per heavy atom. The largest absolute Gasteiger partial charge is 0.338 e. The molecule has 0 amide bonds. The van der Waals surface area contributed by atoms with Crippen molar-refractivity contribution in [1.82, 2.24) is 10.1 Å². The minimum atomic E-state index is 0.152. The minimum absolute atomic E-state index is 0.152. The number of hydrogen-bond acceptors (Lipinski definition) is 5. The van der Waals surface area contributed by atoms with Crippen LogP contribution in [0.15, 0.2) is 4.52 Å². The summed E-state index contributed by atoms with van der Waals surface area (Å²) in [4.78, 5) is 6.48. The fourth-order valence-electron chi connectivity index (χ4n) is 1.57. The van der Waals surface area contributed by atoms with Crippen molar-refractivity contribution < 1.29 is 4.52 Å². The molecular weight excluding hydrogens is 180 g/mol. The molecule has 0 spiro atoms. The van der Waals surface area contributed by atoms with E-state index in [0.29, 0.717) is 12.4 Å². The first kappa shape index (κ1) is 9.45. The predicted octanol–water partition coefficient (Wildman–Crippen LogP) is 0.732. The van der Waals surface area contributed by atoms with E-state index >= 15 is 0 Å². The molecule has 1 fully saturated rings. The summed E-state index contributed by atoms with van der Waals surface area (Å²) in [6, 6.07) is 0. The van der Waals surface area contributed by atoms with Crippen molar-refractivity contribution in [2.45, 2.75) is 25.7 Å². The van der Waals surface area contributed by atoms with E-state index in [1.165, 1.54) is 12.8 Å². The molecule has 5 nitrogen and oxygen atoms in total. The van der Waals surface area contributed by atoms with Gasteiger partial charge in [-0.1, -0.05) is 6.92 Å². The van der Waals surface area contributed by atoms with Gasteiger partial charge in [-0.05, 0) is 18.0 Å². The number of nitrogens with zero attached hydrogens (tertiary/aromatic N) is 3. The molecule has 1 aliphatic heterocycles. The summed E-state index contributed by atoms with van der Waals surface area (Å²) in [5.74, 6) is 1.52. The van der Waals surface area contributed by atoms with Gasteiger partial charge < -0.3 is 15.2 Å². The summed E-state index contributed by atoms with van der Waals surface area (Å²) in [6.07, 6.45) is 2.44. The van der Waals surface area contributed by atoms with Gasteiger partial charge in [0.25, 0.3) is 5.95 Å². The van der Waals surface area contributed by atoms with Crippen LogP contribution in [0.25, 0.3) is 0 Å². The third-order valence-electron chi connectivity index (χ3n) is 2.60. The molecule has 1 saturated heterocycles. The van der Waals surface area contributed by atoms with E-state index in [9.17, 15) is 0 Å². The second-order valence-electron chi connectivity index (χ2n) is 3.76. The smallest absolute Gasteiger partial charge is 0.266 e. The highest BCUT2D eigenvalue weighted by Gasteiger charge is 2.19. The van der Waals surface area contributed by atoms with Crippen molar-refractivity contribution >= 4 is 5.95 Å². The van der Waals surface area contributed by atoms with E-state index in [-0.39, 0.29) is 5.92 Å². The molecular formula is C9H16N4O. The van der Waals surface area contributed by atoms with Crippen LogP contribution in [0.3, 0.4) is 0 Å². The maximum Gasteiger partial charge on any atom is 0.266 e. The van der Waals surface area contributed by atoms with E-state index < -0.39 is 0 Å². The van der Waals surface area contributed by atoms with Crippen LogP contribution in [-0.2, 0) is 0 Å². The minimum Gasteiger partial charge on any atom is -0.338 e. The first-order valence-corrected chi connectivity index (χ1v) is 5.10. The highest BCUT2D eigenvalue weighted by atomic mass is 16.5. The number of anilines is 1. The van der Waals surface area contributed by atoms with Crippen LogP contribution >= 0.6 is 0 Å². The van der Waals surface area contributed by atoms with E-state index in [1.54, 1.807) is 0 Å². The molecule has 1 aromatic heterocycles. The number of aromatic nitrogens is 2. The second-order valence-corrected chi connectivity index (χ2v) is 3.76. The third kappa shape index (κ3) is 1.72. The lowest BCUT2D eigenvalue weighted by Crippen LogP contribution is -2.19. The maximum atomic E-state index is 5.53. The summed E-state index contributed by atoms with van der Waals surface area (Å²) >= 11 is 0. The fraction of sp³-hybridized carbons (Fsp3) is 0.778. The number of hydrogen-bond donors (Lipinski definition) is 1. The molecule has 2 heterocycles. The van der Waals surface area contributed by atoms with Gasteiger partial charge in [0.15, 0.2) is 0 Å². The van der Waals surface area contributed by atoms with Gasteiger partial charge in [-0.15, -0.1) is 0 Å². The lowest BCUT2D eigenvalue weighted by atomic mass is 10.2. The summed E-state index contributed by atoms with van der Waals surface area (Å²) in [5.41, 5.74) is 5.53. The van der Waals surface area contributed by atoms with Crippen molar-refractivity contribution in [1.29, 1.82) is 0 Å². The van der Waals surface area contributed by atoms with E-state index in [2.05, 4.69) is 15.0 Å². The molecule has 1 aliphatic rings. The van der Waals surface area contributed by atoms with Gasteiger partial charge in [-0.3, -0.25) is 0 Å². The first-order chi connectivity index (χ1) is 6.81. The Balaban J connectivity index is 2.08. The molecule has 0 aliphatic carbocycles. The van der Waals surface area contributed by atoms with Gasteiger partial charge in [-0.25, -0.2) is 0 Å². The zero-order chi connectivity index (χ0) is 9.97. The van der Waals surface area contributed by atoms with E-state index in [0.717, 1.165) is 19.0 Å². The molecule has 2 rings (SSSR count). The Morgan fingerprint density at radius 1 is 1.50 bits per heavy atom. The van der Waals surface area contributed by atoms with Crippen LogP contribution in [0.2, 0.25) is 0 Å². The molecule has 78 valence electrons. The van der Waals surface area contributed by atoms with Gasteiger partial charge in [0.2, 0.25) is 5.89 Å². The van der Waals surface area contributed by atoms with Gasteiger partial charge in [-0.2, -0.15) is 4.98 Å². The van der Waals surface area contributed by atoms with Crippen LogP contribution in [0.1, 0.15) is 31.6 Å². The molecule has 0 bridgehead atoms. The summed E-state index contributed by atoms with van der Waals surface area (Å²) < 4.78 is 5.15. The molecule has 2 N–H and O–H groups in total. The van der Waals surface area contributed by atoms with Crippen molar-refractivity contribution in [2.75, 3.05) is 24.5 Å². The van der Waals surface area contributed by atoms with Crippen LogP contribution in [0, 0.1) is 0 Å². The van der Waals surface area contributed by atoms with Crippen molar-refractivity contribution in [3.05, 3.63) is 5.89 Å². The summed E-state index contributed by atoms with van der Waals surface area (Å²) in [6.45, 7) is 4.61. The molecule has 0 aromatic carbocycles. The lowest BCUT2D eigenvalue weighted by molar-refractivity contribution is 0.360. The van der Waals surface area contributed by atoms with Crippen LogP contribution < -0.4 is 10.6 Å².